The van der Waals surface area contributed by atoms with Crippen molar-refractivity contribution in [3.63, 3.8) is 0 Å². The van der Waals surface area contributed by atoms with Gasteiger partial charge in [-0.3, -0.25) is 14.4 Å². The van der Waals surface area contributed by atoms with E-state index in [1.165, 1.54) is 0 Å². The molecular formula is C26H28N4O3. The maximum Gasteiger partial charge on any atom is 0.251 e. The van der Waals surface area contributed by atoms with Gasteiger partial charge in [0.25, 0.3) is 5.91 Å². The average Bonchev–Trinajstić information content (AvgIpc) is 2.82. The van der Waals surface area contributed by atoms with Gasteiger partial charge in [-0.2, -0.15) is 0 Å². The van der Waals surface area contributed by atoms with E-state index in [0.29, 0.717) is 29.2 Å². The molecule has 4 N–H and O–H groups in total. The highest BCUT2D eigenvalue weighted by Gasteiger charge is 2.09. The van der Waals surface area contributed by atoms with Crippen LogP contribution in [-0.4, -0.2) is 24.3 Å². The molecule has 0 aliphatic carbocycles. The third kappa shape index (κ3) is 7.50. The fraction of sp³-hybridized carbons (Fsp3) is 0.192. The minimum absolute atomic E-state index is 0.0255. The molecule has 170 valence electrons. The fourth-order valence-electron chi connectivity index (χ4n) is 3.00. The highest BCUT2D eigenvalue weighted by molar-refractivity contribution is 5.97. The van der Waals surface area contributed by atoms with E-state index in [2.05, 4.69) is 21.3 Å². The molecule has 0 fully saturated rings. The van der Waals surface area contributed by atoms with Crippen molar-refractivity contribution in [3.05, 3.63) is 90.0 Å². The quantitative estimate of drug-likeness (QED) is 0.396. The molecule has 3 aromatic carbocycles. The Kier molecular flexibility index (Phi) is 8.18. The first-order valence-electron chi connectivity index (χ1n) is 10.8. The van der Waals surface area contributed by atoms with E-state index in [4.69, 9.17) is 0 Å². The molecule has 0 spiro atoms. The van der Waals surface area contributed by atoms with Gasteiger partial charge in [0.15, 0.2) is 0 Å². The Morgan fingerprint density at radius 1 is 0.758 bits per heavy atom. The summed E-state index contributed by atoms with van der Waals surface area (Å²) in [5, 5.41) is 11.5. The first kappa shape index (κ1) is 23.5. The van der Waals surface area contributed by atoms with Crippen LogP contribution in [0, 0.1) is 5.92 Å². The zero-order valence-electron chi connectivity index (χ0n) is 18.7. The lowest BCUT2D eigenvalue weighted by atomic mass is 10.1. The molecule has 0 unspecified atom stereocenters. The molecule has 0 aromatic heterocycles. The topological polar surface area (TPSA) is 99.3 Å². The predicted molar refractivity (Wildman–Crippen MR) is 131 cm³/mol. The van der Waals surface area contributed by atoms with Crippen LogP contribution in [-0.2, 0) is 16.1 Å². The van der Waals surface area contributed by atoms with Crippen molar-refractivity contribution in [2.75, 3.05) is 22.5 Å². The Balaban J connectivity index is 1.51. The molecule has 3 aromatic rings. The smallest absolute Gasteiger partial charge is 0.251 e. The zero-order chi connectivity index (χ0) is 23.6. The Bertz CT molecular complexity index is 1110. The summed E-state index contributed by atoms with van der Waals surface area (Å²) in [6.45, 7) is 4.09. The third-order valence-electron chi connectivity index (χ3n) is 4.81. The normalized spacial score (nSPS) is 10.4. The maximum absolute atomic E-state index is 12.5. The largest absolute Gasteiger partial charge is 0.376 e. The maximum atomic E-state index is 12.5. The second-order valence-corrected chi connectivity index (χ2v) is 7.88. The van der Waals surface area contributed by atoms with Crippen LogP contribution in [0.5, 0.6) is 0 Å². The van der Waals surface area contributed by atoms with Gasteiger partial charge in [-0.1, -0.05) is 56.3 Å². The third-order valence-corrected chi connectivity index (χ3v) is 4.81. The molecule has 7 heteroatoms. The van der Waals surface area contributed by atoms with Gasteiger partial charge >= 0.3 is 0 Å². The van der Waals surface area contributed by atoms with Crippen LogP contribution < -0.4 is 21.3 Å². The molecule has 0 aliphatic heterocycles. The van der Waals surface area contributed by atoms with E-state index in [9.17, 15) is 14.4 Å². The Morgan fingerprint density at radius 2 is 1.42 bits per heavy atom. The molecule has 0 bridgehead atoms. The average molecular weight is 445 g/mol. The summed E-state index contributed by atoms with van der Waals surface area (Å²) in [7, 11) is 0. The van der Waals surface area contributed by atoms with Crippen LogP contribution in [0.25, 0.3) is 0 Å². The summed E-state index contributed by atoms with van der Waals surface area (Å²) in [4.78, 5) is 36.7. The van der Waals surface area contributed by atoms with Crippen molar-refractivity contribution >= 4 is 34.8 Å². The Morgan fingerprint density at radius 3 is 2.15 bits per heavy atom. The number of nitrogens with one attached hydrogen (secondary N) is 4. The van der Waals surface area contributed by atoms with Gasteiger partial charge in [0, 0.05) is 35.1 Å². The van der Waals surface area contributed by atoms with Gasteiger partial charge in [-0.05, 0) is 42.0 Å². The van der Waals surface area contributed by atoms with Crippen LogP contribution in [0.1, 0.15) is 29.8 Å². The van der Waals surface area contributed by atoms with E-state index < -0.39 is 0 Å². The first-order valence-corrected chi connectivity index (χ1v) is 10.8. The number of benzene rings is 3. The number of hydrogen-bond donors (Lipinski definition) is 4. The van der Waals surface area contributed by atoms with Crippen molar-refractivity contribution in [2.45, 2.75) is 20.4 Å². The number of amides is 3. The molecule has 0 saturated carbocycles. The summed E-state index contributed by atoms with van der Waals surface area (Å²) in [6.07, 6.45) is 0. The van der Waals surface area contributed by atoms with Crippen LogP contribution in [0.15, 0.2) is 78.9 Å². The number of carbonyl (C=O) groups is 3. The molecule has 3 amide bonds. The van der Waals surface area contributed by atoms with Crippen molar-refractivity contribution < 1.29 is 14.4 Å². The minimum Gasteiger partial charge on any atom is -0.376 e. The predicted octanol–water partition coefficient (Wildman–Crippen LogP) is 4.26. The van der Waals surface area contributed by atoms with Crippen molar-refractivity contribution in [2.24, 2.45) is 5.92 Å². The molecule has 7 nitrogen and oxygen atoms in total. The van der Waals surface area contributed by atoms with Crippen molar-refractivity contribution in [3.8, 4) is 0 Å². The van der Waals surface area contributed by atoms with Gasteiger partial charge in [0.05, 0.1) is 6.54 Å². The lowest BCUT2D eigenvalue weighted by Gasteiger charge is -2.11. The molecule has 3 rings (SSSR count). The second kappa shape index (κ2) is 11.5. The highest BCUT2D eigenvalue weighted by Crippen LogP contribution is 2.16. The van der Waals surface area contributed by atoms with Gasteiger partial charge < -0.3 is 21.3 Å². The molecule has 33 heavy (non-hydrogen) atoms. The summed E-state index contributed by atoms with van der Waals surface area (Å²) < 4.78 is 0. The number of hydrogen-bond acceptors (Lipinski definition) is 4. The number of carbonyl (C=O) groups excluding carboxylic acids is 3. The van der Waals surface area contributed by atoms with E-state index in [1.807, 2.05) is 44.2 Å². The van der Waals surface area contributed by atoms with Crippen LogP contribution in [0.3, 0.4) is 0 Å². The first-order chi connectivity index (χ1) is 15.9. The standard InChI is InChI=1S/C26H28N4O3/c1-18(2)25(32)30-23-13-7-12-22(15-23)29-24(31)17-27-21-11-6-10-20(14-21)26(33)28-16-19-8-4-3-5-9-19/h3-15,18,27H,16-17H2,1-2H3,(H,28,33)(H,29,31)(H,30,32). The second-order valence-electron chi connectivity index (χ2n) is 7.88. The Hall–Kier alpha value is -4.13. The van der Waals surface area contributed by atoms with E-state index in [1.54, 1.807) is 48.5 Å². The molecular weight excluding hydrogens is 416 g/mol. The van der Waals surface area contributed by atoms with Gasteiger partial charge in [-0.15, -0.1) is 0 Å². The number of anilines is 3. The zero-order valence-corrected chi connectivity index (χ0v) is 18.7. The molecule has 0 radical (unpaired) electrons. The molecule has 0 atom stereocenters. The summed E-state index contributed by atoms with van der Waals surface area (Å²) in [5.41, 5.74) is 3.39. The van der Waals surface area contributed by atoms with E-state index in [-0.39, 0.29) is 30.2 Å². The molecule has 0 saturated heterocycles. The Labute approximate surface area is 193 Å². The van der Waals surface area contributed by atoms with Crippen molar-refractivity contribution in [1.82, 2.24) is 5.32 Å². The summed E-state index contributed by atoms with van der Waals surface area (Å²) in [5.74, 6) is -0.662. The van der Waals surface area contributed by atoms with Crippen LogP contribution >= 0.6 is 0 Å². The highest BCUT2D eigenvalue weighted by atomic mass is 16.2. The van der Waals surface area contributed by atoms with Gasteiger partial charge in [-0.25, -0.2) is 0 Å². The SMILES string of the molecule is CC(C)C(=O)Nc1cccc(NC(=O)CNc2cccc(C(=O)NCc3ccccc3)c2)c1. The van der Waals surface area contributed by atoms with Gasteiger partial charge in [0.1, 0.15) is 0 Å². The van der Waals surface area contributed by atoms with Crippen molar-refractivity contribution in [1.29, 1.82) is 0 Å². The molecule has 0 heterocycles. The van der Waals surface area contributed by atoms with Gasteiger partial charge in [0.2, 0.25) is 11.8 Å². The monoisotopic (exact) mass is 444 g/mol. The van der Waals surface area contributed by atoms with Crippen LogP contribution in [0.4, 0.5) is 17.1 Å². The van der Waals surface area contributed by atoms with E-state index >= 15 is 0 Å². The van der Waals surface area contributed by atoms with E-state index in [0.717, 1.165) is 5.56 Å². The lowest BCUT2D eigenvalue weighted by molar-refractivity contribution is -0.119. The lowest BCUT2D eigenvalue weighted by Crippen LogP contribution is -2.24. The summed E-state index contributed by atoms with van der Waals surface area (Å²) in [6, 6.07) is 23.6. The fourth-order valence-corrected chi connectivity index (χ4v) is 3.00. The summed E-state index contributed by atoms with van der Waals surface area (Å²) >= 11 is 0. The minimum atomic E-state index is -0.249. The van der Waals surface area contributed by atoms with Crippen LogP contribution in [0.2, 0.25) is 0 Å². The molecule has 0 aliphatic rings. The number of rotatable bonds is 9.